The highest BCUT2D eigenvalue weighted by molar-refractivity contribution is 7.21. The van der Waals surface area contributed by atoms with Crippen molar-refractivity contribution >= 4 is 38.8 Å². The quantitative estimate of drug-likeness (QED) is 0.768. The fourth-order valence-corrected chi connectivity index (χ4v) is 3.34. The lowest BCUT2D eigenvalue weighted by molar-refractivity contribution is 0.103. The van der Waals surface area contributed by atoms with Crippen molar-refractivity contribution in [2.45, 2.75) is 13.8 Å². The van der Waals surface area contributed by atoms with Crippen LogP contribution in [0.5, 0.6) is 5.75 Å². The van der Waals surface area contributed by atoms with E-state index in [2.05, 4.69) is 10.3 Å². The molecule has 118 valence electrons. The number of nitrogen functional groups attached to an aromatic ring is 1. The summed E-state index contributed by atoms with van der Waals surface area (Å²) >= 11 is 1.26. The van der Waals surface area contributed by atoms with Gasteiger partial charge in [-0.15, -0.1) is 11.3 Å². The maximum atomic E-state index is 12.6. The van der Waals surface area contributed by atoms with Gasteiger partial charge < -0.3 is 15.8 Å². The van der Waals surface area contributed by atoms with E-state index in [4.69, 9.17) is 10.5 Å². The Balaban J connectivity index is 1.98. The van der Waals surface area contributed by atoms with E-state index in [1.54, 1.807) is 19.4 Å². The summed E-state index contributed by atoms with van der Waals surface area (Å²) in [6.07, 6.45) is 1.64. The molecule has 0 saturated heterocycles. The highest BCUT2D eigenvalue weighted by Gasteiger charge is 2.20. The highest BCUT2D eigenvalue weighted by Crippen LogP contribution is 2.38. The first kappa shape index (κ1) is 15.3. The summed E-state index contributed by atoms with van der Waals surface area (Å²) in [7, 11) is 1.57. The molecule has 23 heavy (non-hydrogen) atoms. The largest absolute Gasteiger partial charge is 0.496 e. The van der Waals surface area contributed by atoms with E-state index in [9.17, 15) is 4.79 Å². The van der Waals surface area contributed by atoms with Gasteiger partial charge in [-0.25, -0.2) is 4.98 Å². The number of pyridine rings is 1. The van der Waals surface area contributed by atoms with Crippen molar-refractivity contribution in [2.75, 3.05) is 18.2 Å². The fraction of sp³-hybridized carbons (Fsp3) is 0.176. The van der Waals surface area contributed by atoms with Crippen molar-refractivity contribution in [3.63, 3.8) is 0 Å². The molecular weight excluding hydrogens is 310 g/mol. The zero-order chi connectivity index (χ0) is 16.6. The molecule has 0 unspecified atom stereocenters. The molecular formula is C17H17N3O2S. The van der Waals surface area contributed by atoms with Gasteiger partial charge in [0.1, 0.15) is 15.5 Å². The number of nitrogens with one attached hydrogen (secondary N) is 1. The Labute approximate surface area is 138 Å². The number of ether oxygens (including phenoxy) is 1. The molecule has 3 rings (SSSR count). The van der Waals surface area contributed by atoms with Crippen molar-refractivity contribution in [1.29, 1.82) is 0 Å². The summed E-state index contributed by atoms with van der Waals surface area (Å²) in [5, 5.41) is 3.57. The van der Waals surface area contributed by atoms with Crippen LogP contribution in [0.25, 0.3) is 10.2 Å². The number of benzene rings is 1. The van der Waals surface area contributed by atoms with Gasteiger partial charge in [-0.2, -0.15) is 0 Å². The monoisotopic (exact) mass is 327 g/mol. The molecule has 2 heterocycles. The number of nitrogens with two attached hydrogens (primary N) is 1. The van der Waals surface area contributed by atoms with Gasteiger partial charge >= 0.3 is 0 Å². The second-order valence-electron chi connectivity index (χ2n) is 5.29. The third-order valence-corrected chi connectivity index (χ3v) is 4.89. The van der Waals surface area contributed by atoms with Crippen LogP contribution in [0.3, 0.4) is 0 Å². The smallest absolute Gasteiger partial charge is 0.267 e. The SMILES string of the molecule is COc1ccnc2sc(C(=O)Nc3ccc(C)c(C)c3)c(N)c12. The minimum absolute atomic E-state index is 0.240. The number of fused-ring (bicyclic) bond motifs is 1. The van der Waals surface area contributed by atoms with Gasteiger partial charge in [0.05, 0.1) is 18.2 Å². The maximum absolute atomic E-state index is 12.6. The summed E-state index contributed by atoms with van der Waals surface area (Å²) in [4.78, 5) is 17.9. The average molecular weight is 327 g/mol. The summed E-state index contributed by atoms with van der Waals surface area (Å²) < 4.78 is 5.30. The van der Waals surface area contributed by atoms with Crippen LogP contribution in [0.2, 0.25) is 0 Å². The first-order chi connectivity index (χ1) is 11.0. The minimum Gasteiger partial charge on any atom is -0.496 e. The highest BCUT2D eigenvalue weighted by atomic mass is 32.1. The molecule has 0 aliphatic rings. The second kappa shape index (κ2) is 5.89. The number of amides is 1. The lowest BCUT2D eigenvalue weighted by atomic mass is 10.1. The fourth-order valence-electron chi connectivity index (χ4n) is 2.36. The van der Waals surface area contributed by atoms with Crippen LogP contribution in [-0.4, -0.2) is 18.0 Å². The van der Waals surface area contributed by atoms with E-state index in [0.29, 0.717) is 26.5 Å². The number of hydrogen-bond acceptors (Lipinski definition) is 5. The lowest BCUT2D eigenvalue weighted by Crippen LogP contribution is -2.12. The summed E-state index contributed by atoms with van der Waals surface area (Å²) in [6.45, 7) is 4.04. The zero-order valence-corrected chi connectivity index (χ0v) is 14.0. The van der Waals surface area contributed by atoms with Crippen LogP contribution in [0.1, 0.15) is 20.8 Å². The molecule has 0 bridgehead atoms. The molecule has 3 N–H and O–H groups in total. The van der Waals surface area contributed by atoms with Gasteiger partial charge in [0.15, 0.2) is 0 Å². The van der Waals surface area contributed by atoms with Gasteiger partial charge in [-0.05, 0) is 43.2 Å². The van der Waals surface area contributed by atoms with E-state index >= 15 is 0 Å². The van der Waals surface area contributed by atoms with Crippen molar-refractivity contribution in [2.24, 2.45) is 0 Å². The van der Waals surface area contributed by atoms with Crippen LogP contribution in [0.15, 0.2) is 30.5 Å². The maximum Gasteiger partial charge on any atom is 0.267 e. The van der Waals surface area contributed by atoms with Crippen molar-refractivity contribution in [3.8, 4) is 5.75 Å². The van der Waals surface area contributed by atoms with Gasteiger partial charge in [0, 0.05) is 11.9 Å². The number of thiophene rings is 1. The number of anilines is 2. The number of aromatic nitrogens is 1. The molecule has 2 aromatic heterocycles. The molecule has 0 radical (unpaired) electrons. The number of carbonyl (C=O) groups is 1. The number of carbonyl (C=O) groups excluding carboxylic acids is 1. The van der Waals surface area contributed by atoms with E-state index in [1.165, 1.54) is 16.9 Å². The second-order valence-corrected chi connectivity index (χ2v) is 6.29. The van der Waals surface area contributed by atoms with Crippen LogP contribution >= 0.6 is 11.3 Å². The Hall–Kier alpha value is -2.60. The molecule has 0 aliphatic carbocycles. The van der Waals surface area contributed by atoms with Crippen molar-refractivity contribution in [3.05, 3.63) is 46.5 Å². The van der Waals surface area contributed by atoms with E-state index in [1.807, 2.05) is 32.0 Å². The van der Waals surface area contributed by atoms with Gasteiger partial charge in [-0.3, -0.25) is 4.79 Å². The Bertz CT molecular complexity index is 902. The van der Waals surface area contributed by atoms with Crippen LogP contribution in [0.4, 0.5) is 11.4 Å². The molecule has 3 aromatic rings. The molecule has 5 nitrogen and oxygen atoms in total. The number of rotatable bonds is 3. The Morgan fingerprint density at radius 2 is 2.04 bits per heavy atom. The Morgan fingerprint density at radius 1 is 1.26 bits per heavy atom. The molecule has 0 saturated carbocycles. The molecule has 0 spiro atoms. The normalized spacial score (nSPS) is 10.7. The molecule has 0 aliphatic heterocycles. The third kappa shape index (κ3) is 2.73. The third-order valence-electron chi connectivity index (χ3n) is 3.78. The Morgan fingerprint density at radius 3 is 2.74 bits per heavy atom. The molecule has 0 atom stereocenters. The first-order valence-corrected chi connectivity index (χ1v) is 7.92. The minimum atomic E-state index is -0.240. The molecule has 6 heteroatoms. The predicted octanol–water partition coefficient (Wildman–Crippen LogP) is 3.76. The van der Waals surface area contributed by atoms with Crippen LogP contribution in [-0.2, 0) is 0 Å². The summed E-state index contributed by atoms with van der Waals surface area (Å²) in [6, 6.07) is 7.53. The number of nitrogens with zero attached hydrogens (tertiary/aromatic N) is 1. The predicted molar refractivity (Wildman–Crippen MR) is 94.5 cm³/mol. The van der Waals surface area contributed by atoms with E-state index in [-0.39, 0.29) is 5.91 Å². The van der Waals surface area contributed by atoms with Crippen LogP contribution in [0, 0.1) is 13.8 Å². The van der Waals surface area contributed by atoms with E-state index in [0.717, 1.165) is 11.3 Å². The molecule has 1 aromatic carbocycles. The summed E-state index contributed by atoms with van der Waals surface area (Å²) in [5.74, 6) is 0.379. The Kier molecular flexibility index (Phi) is 3.92. The number of methoxy groups -OCH3 is 1. The van der Waals surface area contributed by atoms with Gasteiger partial charge in [0.2, 0.25) is 0 Å². The number of hydrogen-bond donors (Lipinski definition) is 2. The summed E-state index contributed by atoms with van der Waals surface area (Å²) in [5.41, 5.74) is 9.60. The molecule has 0 fully saturated rings. The first-order valence-electron chi connectivity index (χ1n) is 7.11. The number of aryl methyl sites for hydroxylation is 2. The van der Waals surface area contributed by atoms with E-state index < -0.39 is 0 Å². The topological polar surface area (TPSA) is 77.2 Å². The zero-order valence-electron chi connectivity index (χ0n) is 13.1. The van der Waals surface area contributed by atoms with Gasteiger partial charge in [-0.1, -0.05) is 6.07 Å². The average Bonchev–Trinajstić information content (AvgIpc) is 2.88. The lowest BCUT2D eigenvalue weighted by Gasteiger charge is -2.07. The molecule has 1 amide bonds. The van der Waals surface area contributed by atoms with Gasteiger partial charge in [0.25, 0.3) is 5.91 Å². The van der Waals surface area contributed by atoms with Crippen molar-refractivity contribution in [1.82, 2.24) is 4.98 Å². The van der Waals surface area contributed by atoms with Crippen molar-refractivity contribution < 1.29 is 9.53 Å². The standard InChI is InChI=1S/C17H17N3O2S/c1-9-4-5-11(8-10(9)2)20-16(21)15-14(18)13-12(22-3)6-7-19-17(13)23-15/h4-8H,18H2,1-3H3,(H,20,21). The van der Waals surface area contributed by atoms with Crippen LogP contribution < -0.4 is 15.8 Å².